The lowest BCUT2D eigenvalue weighted by molar-refractivity contribution is -0.123. The van der Waals surface area contributed by atoms with Crippen LogP contribution in [0.4, 0.5) is 10.8 Å². The van der Waals surface area contributed by atoms with E-state index in [0.717, 1.165) is 16.1 Å². The van der Waals surface area contributed by atoms with E-state index in [1.807, 2.05) is 45.9 Å². The molecule has 25 heavy (non-hydrogen) atoms. The van der Waals surface area contributed by atoms with Crippen molar-refractivity contribution in [2.24, 2.45) is 5.41 Å². The molecule has 0 unspecified atom stereocenters. The number of carbonyl (C=O) groups excluding carboxylic acids is 2. The third kappa shape index (κ3) is 3.51. The lowest BCUT2D eigenvalue weighted by atomic mass is 9.96. The standard InChI is InChI=1S/C18H21N3O3S/c1-9-15(22)19-12-8-11(6-7-13(12)24-9)14-10(2)25-17(20-14)21-16(23)18(3,4)5/h6-9H,1-5H3,(H,19,22)(H,20,21,23)/t9-/m0/s1. The zero-order valence-electron chi connectivity index (χ0n) is 14.9. The van der Waals surface area contributed by atoms with Crippen LogP contribution in [0.25, 0.3) is 11.3 Å². The summed E-state index contributed by atoms with van der Waals surface area (Å²) in [6.45, 7) is 9.24. The summed E-state index contributed by atoms with van der Waals surface area (Å²) in [6.07, 6.45) is -0.501. The van der Waals surface area contributed by atoms with Gasteiger partial charge in [-0.15, -0.1) is 11.3 Å². The Morgan fingerprint density at radius 1 is 1.36 bits per heavy atom. The highest BCUT2D eigenvalue weighted by atomic mass is 32.1. The second-order valence-corrected chi connectivity index (χ2v) is 8.29. The van der Waals surface area contributed by atoms with Crippen LogP contribution in [0.5, 0.6) is 5.75 Å². The van der Waals surface area contributed by atoms with Crippen molar-refractivity contribution in [2.75, 3.05) is 10.6 Å². The van der Waals surface area contributed by atoms with Gasteiger partial charge < -0.3 is 15.4 Å². The Labute approximate surface area is 150 Å². The number of carbonyl (C=O) groups is 2. The molecule has 0 aliphatic carbocycles. The molecule has 1 aliphatic heterocycles. The number of nitrogens with one attached hydrogen (secondary N) is 2. The van der Waals surface area contributed by atoms with Gasteiger partial charge in [-0.25, -0.2) is 4.98 Å². The number of nitrogens with zero attached hydrogens (tertiary/aromatic N) is 1. The van der Waals surface area contributed by atoms with Crippen molar-refractivity contribution in [2.45, 2.75) is 40.7 Å². The number of amides is 2. The summed E-state index contributed by atoms with van der Waals surface area (Å²) < 4.78 is 5.57. The third-order valence-corrected chi connectivity index (χ3v) is 4.77. The van der Waals surface area contributed by atoms with E-state index in [1.54, 1.807) is 6.92 Å². The second kappa shape index (κ2) is 6.15. The number of aryl methyl sites for hydroxylation is 1. The molecule has 0 spiro atoms. The maximum absolute atomic E-state index is 12.1. The van der Waals surface area contributed by atoms with Crippen LogP contribution in [-0.4, -0.2) is 22.9 Å². The number of thiazole rings is 1. The molecule has 1 aromatic carbocycles. The Hall–Kier alpha value is -2.41. The molecule has 2 heterocycles. The van der Waals surface area contributed by atoms with Crippen LogP contribution < -0.4 is 15.4 Å². The number of rotatable bonds is 2. The van der Waals surface area contributed by atoms with Crippen LogP contribution in [0.2, 0.25) is 0 Å². The molecular formula is C18H21N3O3S. The Kier molecular flexibility index (Phi) is 4.28. The van der Waals surface area contributed by atoms with E-state index in [2.05, 4.69) is 15.6 Å². The van der Waals surface area contributed by atoms with E-state index in [4.69, 9.17) is 4.74 Å². The van der Waals surface area contributed by atoms with E-state index >= 15 is 0 Å². The third-order valence-electron chi connectivity index (χ3n) is 3.88. The lowest BCUT2D eigenvalue weighted by Gasteiger charge is -2.23. The Bertz CT molecular complexity index is 852. The molecule has 6 nitrogen and oxygen atoms in total. The van der Waals surface area contributed by atoms with Crippen molar-refractivity contribution in [3.8, 4) is 17.0 Å². The topological polar surface area (TPSA) is 80.3 Å². The molecule has 0 fully saturated rings. The summed E-state index contributed by atoms with van der Waals surface area (Å²) in [6, 6.07) is 5.57. The summed E-state index contributed by atoms with van der Waals surface area (Å²) in [5.74, 6) is 0.399. The summed E-state index contributed by atoms with van der Waals surface area (Å²) in [7, 11) is 0. The van der Waals surface area contributed by atoms with Gasteiger partial charge in [0.25, 0.3) is 5.91 Å². The predicted molar refractivity (Wildman–Crippen MR) is 99.1 cm³/mol. The van der Waals surface area contributed by atoms with Gasteiger partial charge in [0.1, 0.15) is 5.75 Å². The quantitative estimate of drug-likeness (QED) is 0.854. The zero-order chi connectivity index (χ0) is 18.4. The molecule has 0 saturated carbocycles. The number of benzene rings is 1. The summed E-state index contributed by atoms with van der Waals surface area (Å²) in [5, 5.41) is 6.27. The van der Waals surface area contributed by atoms with Gasteiger partial charge >= 0.3 is 0 Å². The molecule has 1 atom stereocenters. The molecule has 132 valence electrons. The average Bonchev–Trinajstić information content (AvgIpc) is 2.87. The van der Waals surface area contributed by atoms with Crippen molar-refractivity contribution in [3.63, 3.8) is 0 Å². The van der Waals surface area contributed by atoms with Gasteiger partial charge in [-0.1, -0.05) is 20.8 Å². The zero-order valence-corrected chi connectivity index (χ0v) is 15.7. The molecule has 7 heteroatoms. The summed E-state index contributed by atoms with van der Waals surface area (Å²) in [4.78, 5) is 29.5. The van der Waals surface area contributed by atoms with Crippen molar-refractivity contribution in [1.29, 1.82) is 0 Å². The largest absolute Gasteiger partial charge is 0.479 e. The number of anilines is 2. The molecule has 3 rings (SSSR count). The molecule has 0 radical (unpaired) electrons. The molecule has 1 aliphatic rings. The fraction of sp³-hybridized carbons (Fsp3) is 0.389. The van der Waals surface area contributed by atoms with Crippen LogP contribution in [0.15, 0.2) is 18.2 Å². The van der Waals surface area contributed by atoms with Gasteiger partial charge in [-0.05, 0) is 32.0 Å². The average molecular weight is 359 g/mol. The molecule has 2 aromatic rings. The highest BCUT2D eigenvalue weighted by Gasteiger charge is 2.25. The molecular weight excluding hydrogens is 338 g/mol. The minimum atomic E-state index is -0.501. The lowest BCUT2D eigenvalue weighted by Crippen LogP contribution is -2.34. The fourth-order valence-electron chi connectivity index (χ4n) is 2.36. The Balaban J connectivity index is 1.89. The summed E-state index contributed by atoms with van der Waals surface area (Å²) in [5.41, 5.74) is 1.80. The number of aromatic nitrogens is 1. The molecule has 1 aromatic heterocycles. The van der Waals surface area contributed by atoms with Crippen molar-refractivity contribution >= 4 is 34.0 Å². The van der Waals surface area contributed by atoms with Crippen LogP contribution in [0.1, 0.15) is 32.6 Å². The second-order valence-electron chi connectivity index (χ2n) is 7.09. The number of hydrogen-bond acceptors (Lipinski definition) is 5. The highest BCUT2D eigenvalue weighted by Crippen LogP contribution is 2.37. The van der Waals surface area contributed by atoms with Crippen LogP contribution >= 0.6 is 11.3 Å². The first kappa shape index (κ1) is 17.4. The maximum Gasteiger partial charge on any atom is 0.265 e. The smallest absolute Gasteiger partial charge is 0.265 e. The van der Waals surface area contributed by atoms with Gasteiger partial charge in [0.05, 0.1) is 11.4 Å². The minimum absolute atomic E-state index is 0.0760. The van der Waals surface area contributed by atoms with E-state index < -0.39 is 11.5 Å². The predicted octanol–water partition coefficient (Wildman–Crippen LogP) is 3.82. The van der Waals surface area contributed by atoms with Gasteiger partial charge in [0, 0.05) is 15.9 Å². The molecule has 2 N–H and O–H groups in total. The van der Waals surface area contributed by atoms with E-state index in [0.29, 0.717) is 16.6 Å². The first-order chi connectivity index (χ1) is 11.6. The maximum atomic E-state index is 12.1. The first-order valence-corrected chi connectivity index (χ1v) is 8.87. The fourth-order valence-corrected chi connectivity index (χ4v) is 3.19. The normalized spacial score (nSPS) is 16.7. The van der Waals surface area contributed by atoms with Gasteiger partial charge in [0.15, 0.2) is 11.2 Å². The van der Waals surface area contributed by atoms with Crippen molar-refractivity contribution in [1.82, 2.24) is 4.98 Å². The number of fused-ring (bicyclic) bond motifs is 1. The first-order valence-electron chi connectivity index (χ1n) is 8.06. The van der Waals surface area contributed by atoms with Gasteiger partial charge in [-0.2, -0.15) is 0 Å². The molecule has 2 amide bonds. The van der Waals surface area contributed by atoms with Gasteiger partial charge in [-0.3, -0.25) is 9.59 Å². The van der Waals surface area contributed by atoms with Crippen LogP contribution in [0.3, 0.4) is 0 Å². The monoisotopic (exact) mass is 359 g/mol. The Morgan fingerprint density at radius 3 is 2.76 bits per heavy atom. The SMILES string of the molecule is Cc1sc(NC(=O)C(C)(C)C)nc1-c1ccc2c(c1)NC(=O)[C@H](C)O2. The molecule has 0 saturated heterocycles. The highest BCUT2D eigenvalue weighted by molar-refractivity contribution is 7.16. The van der Waals surface area contributed by atoms with E-state index in [1.165, 1.54) is 11.3 Å². The van der Waals surface area contributed by atoms with Gasteiger partial charge in [0.2, 0.25) is 5.91 Å². The number of ether oxygens (including phenoxy) is 1. The van der Waals surface area contributed by atoms with Crippen LogP contribution in [0, 0.1) is 12.3 Å². The Morgan fingerprint density at radius 2 is 2.08 bits per heavy atom. The van der Waals surface area contributed by atoms with Crippen molar-refractivity contribution < 1.29 is 14.3 Å². The minimum Gasteiger partial charge on any atom is -0.479 e. The van der Waals surface area contributed by atoms with E-state index in [-0.39, 0.29) is 11.8 Å². The number of hydrogen-bond donors (Lipinski definition) is 2. The van der Waals surface area contributed by atoms with Crippen molar-refractivity contribution in [3.05, 3.63) is 23.1 Å². The van der Waals surface area contributed by atoms with Crippen LogP contribution in [-0.2, 0) is 9.59 Å². The molecule has 0 bridgehead atoms. The summed E-state index contributed by atoms with van der Waals surface area (Å²) >= 11 is 1.43. The van der Waals surface area contributed by atoms with E-state index in [9.17, 15) is 9.59 Å².